The molecule has 2 heterocycles. The summed E-state index contributed by atoms with van der Waals surface area (Å²) in [6.07, 6.45) is 0.374. The number of carboxylic acids is 1. The molecule has 1 aromatic carbocycles. The molecule has 0 radical (unpaired) electrons. The number of carbonyl (C=O) groups is 2. The van der Waals surface area contributed by atoms with Crippen LogP contribution in [0.4, 0.5) is 10.5 Å². The highest BCUT2D eigenvalue weighted by Gasteiger charge is 2.29. The Morgan fingerprint density at radius 2 is 1.96 bits per heavy atom. The fourth-order valence-corrected chi connectivity index (χ4v) is 2.91. The number of rotatable bonds is 2. The highest BCUT2D eigenvalue weighted by molar-refractivity contribution is 5.91. The van der Waals surface area contributed by atoms with Crippen LogP contribution in [0.3, 0.4) is 0 Å². The summed E-state index contributed by atoms with van der Waals surface area (Å²) in [7, 11) is 1.71. The van der Waals surface area contributed by atoms with Crippen molar-refractivity contribution in [1.29, 1.82) is 0 Å². The highest BCUT2D eigenvalue weighted by atomic mass is 16.6. The van der Waals surface area contributed by atoms with Crippen LogP contribution in [-0.4, -0.2) is 39.1 Å². The zero-order valence-electron chi connectivity index (χ0n) is 14.7. The maximum atomic E-state index is 12.3. The maximum Gasteiger partial charge on any atom is 0.414 e. The van der Waals surface area contributed by atoms with Crippen LogP contribution in [0.1, 0.15) is 36.8 Å². The van der Waals surface area contributed by atoms with Gasteiger partial charge in [-0.3, -0.25) is 9.58 Å². The number of ether oxygens (including phenoxy) is 1. The molecular weight excluding hydrogens is 322 g/mol. The molecule has 0 fully saturated rings. The molecule has 7 nitrogen and oxygen atoms in total. The number of anilines is 1. The van der Waals surface area contributed by atoms with Crippen LogP contribution in [0.15, 0.2) is 24.3 Å². The molecule has 2 aromatic rings. The van der Waals surface area contributed by atoms with Crippen LogP contribution in [0.25, 0.3) is 11.3 Å². The summed E-state index contributed by atoms with van der Waals surface area (Å²) in [6, 6.07) is 7.26. The van der Waals surface area contributed by atoms with Gasteiger partial charge in [0.15, 0.2) is 5.69 Å². The number of aromatic nitrogens is 2. The standard InChI is InChI=1S/C18H21N3O4/c1-18(2,3)25-17(24)21-8-7-12-9-11(5-6-14(12)21)15-10-13(16(22)23)19-20(15)4/h5-6,9-10H,7-8H2,1-4H3,(H,22,23). The van der Waals surface area contributed by atoms with Gasteiger partial charge in [-0.05, 0) is 51.0 Å². The van der Waals surface area contributed by atoms with Crippen LogP contribution in [0, 0.1) is 0 Å². The highest BCUT2D eigenvalue weighted by Crippen LogP contribution is 2.33. The Bertz CT molecular complexity index is 848. The van der Waals surface area contributed by atoms with Crippen LogP contribution < -0.4 is 4.90 Å². The van der Waals surface area contributed by atoms with Crippen molar-refractivity contribution in [2.75, 3.05) is 11.4 Å². The first-order valence-electron chi connectivity index (χ1n) is 8.07. The van der Waals surface area contributed by atoms with Gasteiger partial charge in [-0.15, -0.1) is 0 Å². The third-order valence-electron chi connectivity index (χ3n) is 3.98. The number of nitrogens with zero attached hydrogens (tertiary/aromatic N) is 3. The predicted octanol–water partition coefficient (Wildman–Crippen LogP) is 3.08. The van der Waals surface area contributed by atoms with Crippen molar-refractivity contribution in [3.63, 3.8) is 0 Å². The largest absolute Gasteiger partial charge is 0.476 e. The number of hydrogen-bond donors (Lipinski definition) is 1. The molecule has 132 valence electrons. The van der Waals surface area contributed by atoms with E-state index in [0.29, 0.717) is 6.54 Å². The van der Waals surface area contributed by atoms with Gasteiger partial charge in [0, 0.05) is 19.2 Å². The van der Waals surface area contributed by atoms with E-state index in [0.717, 1.165) is 28.9 Å². The van der Waals surface area contributed by atoms with Gasteiger partial charge >= 0.3 is 12.1 Å². The Hall–Kier alpha value is -2.83. The molecule has 0 bridgehead atoms. The molecule has 0 atom stereocenters. The number of hydrogen-bond acceptors (Lipinski definition) is 4. The number of carbonyl (C=O) groups excluding carboxylic acids is 1. The van der Waals surface area contributed by atoms with Crippen LogP contribution in [0.2, 0.25) is 0 Å². The predicted molar refractivity (Wildman–Crippen MR) is 92.9 cm³/mol. The number of fused-ring (bicyclic) bond motifs is 1. The minimum absolute atomic E-state index is 0.00776. The molecule has 0 aliphatic carbocycles. The molecule has 1 aliphatic rings. The summed E-state index contributed by atoms with van der Waals surface area (Å²) in [5.41, 5.74) is 2.92. The average molecular weight is 343 g/mol. The molecule has 0 unspecified atom stereocenters. The first-order valence-corrected chi connectivity index (χ1v) is 8.07. The zero-order chi connectivity index (χ0) is 18.4. The van der Waals surface area contributed by atoms with E-state index in [2.05, 4.69) is 5.10 Å². The lowest BCUT2D eigenvalue weighted by molar-refractivity contribution is 0.0583. The summed E-state index contributed by atoms with van der Waals surface area (Å²) >= 11 is 0. The van der Waals surface area contributed by atoms with Gasteiger partial charge in [-0.1, -0.05) is 6.07 Å². The second-order valence-electron chi connectivity index (χ2n) is 7.07. The quantitative estimate of drug-likeness (QED) is 0.906. The number of aromatic carboxylic acids is 1. The topological polar surface area (TPSA) is 84.7 Å². The van der Waals surface area contributed by atoms with Crippen molar-refractivity contribution in [2.45, 2.75) is 32.8 Å². The van der Waals surface area contributed by atoms with Crippen molar-refractivity contribution in [1.82, 2.24) is 9.78 Å². The molecule has 0 saturated heterocycles. The van der Waals surface area contributed by atoms with E-state index in [1.807, 2.05) is 39.0 Å². The monoisotopic (exact) mass is 343 g/mol. The van der Waals surface area contributed by atoms with Gasteiger partial charge in [-0.25, -0.2) is 9.59 Å². The Balaban J connectivity index is 1.90. The molecule has 7 heteroatoms. The normalized spacial score (nSPS) is 13.7. The van der Waals surface area contributed by atoms with Gasteiger partial charge < -0.3 is 9.84 Å². The summed E-state index contributed by atoms with van der Waals surface area (Å²) in [5, 5.41) is 13.1. The number of amides is 1. The minimum atomic E-state index is -1.06. The van der Waals surface area contributed by atoms with Crippen LogP contribution >= 0.6 is 0 Å². The Morgan fingerprint density at radius 1 is 1.24 bits per heavy atom. The smallest absolute Gasteiger partial charge is 0.414 e. The Kier molecular flexibility index (Phi) is 4.02. The molecule has 1 aromatic heterocycles. The fraction of sp³-hybridized carbons (Fsp3) is 0.389. The van der Waals surface area contributed by atoms with E-state index in [9.17, 15) is 9.59 Å². The fourth-order valence-electron chi connectivity index (χ4n) is 2.91. The van der Waals surface area contributed by atoms with Crippen molar-refractivity contribution in [3.8, 4) is 11.3 Å². The Morgan fingerprint density at radius 3 is 2.56 bits per heavy atom. The van der Waals surface area contributed by atoms with E-state index in [1.165, 1.54) is 0 Å². The van der Waals surface area contributed by atoms with Crippen molar-refractivity contribution < 1.29 is 19.4 Å². The first kappa shape index (κ1) is 17.0. The van der Waals surface area contributed by atoms with Crippen LogP contribution in [-0.2, 0) is 18.2 Å². The Labute approximate surface area is 145 Å². The number of carboxylic acid groups (broad SMARTS) is 1. The van der Waals surface area contributed by atoms with Gasteiger partial charge in [0.25, 0.3) is 0 Å². The average Bonchev–Trinajstić information content (AvgIpc) is 3.08. The lowest BCUT2D eigenvalue weighted by Crippen LogP contribution is -2.35. The lowest BCUT2D eigenvalue weighted by Gasteiger charge is -2.24. The lowest BCUT2D eigenvalue weighted by atomic mass is 10.1. The van der Waals surface area contributed by atoms with Crippen LogP contribution in [0.5, 0.6) is 0 Å². The molecule has 0 saturated carbocycles. The zero-order valence-corrected chi connectivity index (χ0v) is 14.7. The molecule has 25 heavy (non-hydrogen) atoms. The summed E-state index contributed by atoms with van der Waals surface area (Å²) in [5.74, 6) is -1.06. The van der Waals surface area contributed by atoms with Gasteiger partial charge in [-0.2, -0.15) is 5.10 Å². The molecule has 0 spiro atoms. The summed E-state index contributed by atoms with van der Waals surface area (Å²) in [4.78, 5) is 25.1. The summed E-state index contributed by atoms with van der Waals surface area (Å²) < 4.78 is 7.00. The second-order valence-corrected chi connectivity index (χ2v) is 7.07. The maximum absolute atomic E-state index is 12.3. The molecule has 1 N–H and O–H groups in total. The van der Waals surface area contributed by atoms with E-state index < -0.39 is 11.6 Å². The van der Waals surface area contributed by atoms with Gasteiger partial charge in [0.2, 0.25) is 0 Å². The second kappa shape index (κ2) is 5.91. The van der Waals surface area contributed by atoms with Crippen molar-refractivity contribution in [2.24, 2.45) is 7.05 Å². The third-order valence-corrected chi connectivity index (χ3v) is 3.98. The SMILES string of the molecule is Cn1nc(C(=O)O)cc1-c1ccc2c(c1)CCN2C(=O)OC(C)(C)C. The summed E-state index contributed by atoms with van der Waals surface area (Å²) in [6.45, 7) is 6.09. The van der Waals surface area contributed by atoms with Crippen molar-refractivity contribution in [3.05, 3.63) is 35.5 Å². The molecular formula is C18H21N3O4. The van der Waals surface area contributed by atoms with E-state index in [1.54, 1.807) is 22.7 Å². The van der Waals surface area contributed by atoms with E-state index in [-0.39, 0.29) is 11.8 Å². The van der Waals surface area contributed by atoms with E-state index in [4.69, 9.17) is 9.84 Å². The minimum Gasteiger partial charge on any atom is -0.476 e. The first-order chi connectivity index (χ1) is 11.7. The number of aryl methyl sites for hydroxylation is 1. The van der Waals surface area contributed by atoms with Crippen molar-refractivity contribution >= 4 is 17.7 Å². The van der Waals surface area contributed by atoms with Gasteiger partial charge in [0.05, 0.1) is 11.4 Å². The molecule has 3 rings (SSSR count). The third kappa shape index (κ3) is 3.35. The molecule has 1 aliphatic heterocycles. The number of benzene rings is 1. The van der Waals surface area contributed by atoms with E-state index >= 15 is 0 Å². The molecule has 1 amide bonds. The van der Waals surface area contributed by atoms with Gasteiger partial charge in [0.1, 0.15) is 5.60 Å².